The Hall–Kier alpha value is -1.83. The Morgan fingerprint density at radius 2 is 2.11 bits per heavy atom. The van der Waals surface area contributed by atoms with Crippen LogP contribution in [0.3, 0.4) is 0 Å². The number of hydrogen-bond donors (Lipinski definition) is 2. The lowest BCUT2D eigenvalue weighted by molar-refractivity contribution is 0.0238. The maximum atomic E-state index is 12.4. The topological polar surface area (TPSA) is 78.9 Å². The van der Waals surface area contributed by atoms with E-state index in [9.17, 15) is 4.79 Å². The molecule has 0 aliphatic heterocycles. The van der Waals surface area contributed by atoms with Gasteiger partial charge in [-0.25, -0.2) is 9.78 Å². The molecule has 0 unspecified atom stereocenters. The third-order valence-electron chi connectivity index (χ3n) is 4.05. The molecule has 1 heterocycles. The van der Waals surface area contributed by atoms with Gasteiger partial charge in [-0.3, -0.25) is 4.99 Å². The molecule has 1 aromatic heterocycles. The van der Waals surface area contributed by atoms with Crippen molar-refractivity contribution < 1.29 is 9.53 Å². The van der Waals surface area contributed by atoms with Crippen LogP contribution < -0.4 is 10.6 Å². The summed E-state index contributed by atoms with van der Waals surface area (Å²) in [4.78, 5) is 23.1. The Morgan fingerprint density at radius 1 is 1.41 bits per heavy atom. The molecule has 0 bridgehead atoms. The van der Waals surface area contributed by atoms with E-state index in [1.165, 1.54) is 0 Å². The number of hydrogen-bond acceptors (Lipinski definition) is 5. The molecular weight excluding hydrogens is 362 g/mol. The van der Waals surface area contributed by atoms with Gasteiger partial charge in [0.2, 0.25) is 0 Å². The minimum Gasteiger partial charge on any atom is -0.444 e. The number of ether oxygens (including phenoxy) is 1. The van der Waals surface area contributed by atoms with Gasteiger partial charge in [0.25, 0.3) is 0 Å². The predicted molar refractivity (Wildman–Crippen MR) is 110 cm³/mol. The van der Waals surface area contributed by atoms with Crippen molar-refractivity contribution in [3.63, 3.8) is 0 Å². The van der Waals surface area contributed by atoms with Gasteiger partial charge >= 0.3 is 6.09 Å². The van der Waals surface area contributed by atoms with Crippen molar-refractivity contribution in [2.45, 2.75) is 71.6 Å². The standard InChI is InChI=1S/C19H33N5O2S/c1-13(2)15-12-27-16(23-15)11-22-17(20-6)21-9-10-24(14-7-8-14)18(25)26-19(3,4)5/h12-14H,7-11H2,1-6H3,(H2,20,21,22). The Kier molecular flexibility index (Phi) is 7.47. The Morgan fingerprint density at radius 3 is 2.63 bits per heavy atom. The third-order valence-corrected chi connectivity index (χ3v) is 4.92. The molecule has 1 aromatic rings. The number of nitrogens with one attached hydrogen (secondary N) is 2. The second-order valence-electron chi connectivity index (χ2n) is 8.08. The summed E-state index contributed by atoms with van der Waals surface area (Å²) in [6.07, 6.45) is 1.86. The van der Waals surface area contributed by atoms with E-state index in [2.05, 4.69) is 39.8 Å². The minimum absolute atomic E-state index is 0.237. The van der Waals surface area contributed by atoms with E-state index in [-0.39, 0.29) is 6.09 Å². The highest BCUT2D eigenvalue weighted by Gasteiger charge is 2.34. The van der Waals surface area contributed by atoms with Crippen molar-refractivity contribution in [1.82, 2.24) is 20.5 Å². The van der Waals surface area contributed by atoms with E-state index < -0.39 is 5.60 Å². The highest BCUT2D eigenvalue weighted by Crippen LogP contribution is 2.28. The maximum absolute atomic E-state index is 12.4. The second-order valence-corrected chi connectivity index (χ2v) is 9.02. The molecule has 1 fully saturated rings. The van der Waals surface area contributed by atoms with Crippen LogP contribution in [0.15, 0.2) is 10.4 Å². The number of rotatable bonds is 7. The number of carbonyl (C=O) groups is 1. The molecule has 1 aliphatic carbocycles. The number of amides is 1. The van der Waals surface area contributed by atoms with Crippen molar-refractivity contribution in [3.05, 3.63) is 16.1 Å². The number of nitrogens with zero attached hydrogens (tertiary/aromatic N) is 3. The van der Waals surface area contributed by atoms with Gasteiger partial charge in [0.05, 0.1) is 12.2 Å². The lowest BCUT2D eigenvalue weighted by Gasteiger charge is -2.27. The molecule has 1 saturated carbocycles. The van der Waals surface area contributed by atoms with E-state index in [0.29, 0.717) is 37.6 Å². The van der Waals surface area contributed by atoms with Crippen LogP contribution in [0.1, 0.15) is 64.1 Å². The molecule has 27 heavy (non-hydrogen) atoms. The summed E-state index contributed by atoms with van der Waals surface area (Å²) in [6, 6.07) is 0.307. The molecule has 0 saturated heterocycles. The molecule has 0 aromatic carbocycles. The van der Waals surface area contributed by atoms with E-state index in [1.807, 2.05) is 25.7 Å². The lowest BCUT2D eigenvalue weighted by Crippen LogP contribution is -2.45. The first-order valence-corrected chi connectivity index (χ1v) is 10.5. The molecule has 8 heteroatoms. The average Bonchev–Trinajstić information content (AvgIpc) is 3.28. The Balaban J connectivity index is 1.78. The van der Waals surface area contributed by atoms with Crippen LogP contribution in [-0.4, -0.2) is 53.7 Å². The zero-order chi connectivity index (χ0) is 20.0. The van der Waals surface area contributed by atoms with Crippen LogP contribution in [0.25, 0.3) is 0 Å². The molecule has 1 aliphatic rings. The monoisotopic (exact) mass is 395 g/mol. The fraction of sp³-hybridized carbons (Fsp3) is 0.737. The van der Waals surface area contributed by atoms with E-state index >= 15 is 0 Å². The van der Waals surface area contributed by atoms with Gasteiger partial charge in [-0.15, -0.1) is 11.3 Å². The zero-order valence-electron chi connectivity index (χ0n) is 17.3. The molecule has 0 spiro atoms. The summed E-state index contributed by atoms with van der Waals surface area (Å²) in [5, 5.41) is 9.68. The summed E-state index contributed by atoms with van der Waals surface area (Å²) in [5.74, 6) is 1.14. The van der Waals surface area contributed by atoms with E-state index in [0.717, 1.165) is 23.5 Å². The van der Waals surface area contributed by atoms with Crippen molar-refractivity contribution in [2.24, 2.45) is 4.99 Å². The van der Waals surface area contributed by atoms with E-state index in [4.69, 9.17) is 4.74 Å². The van der Waals surface area contributed by atoms with Gasteiger partial charge in [0.1, 0.15) is 10.6 Å². The molecular formula is C19H33N5O2S. The molecule has 0 radical (unpaired) electrons. The zero-order valence-corrected chi connectivity index (χ0v) is 18.2. The molecule has 2 rings (SSSR count). The normalized spacial score (nSPS) is 15.0. The van der Waals surface area contributed by atoms with Crippen LogP contribution in [0.2, 0.25) is 0 Å². The van der Waals surface area contributed by atoms with E-state index in [1.54, 1.807) is 18.4 Å². The number of aliphatic imine (C=N–C) groups is 1. The summed E-state index contributed by atoms with van der Waals surface area (Å²) in [7, 11) is 1.74. The summed E-state index contributed by atoms with van der Waals surface area (Å²) >= 11 is 1.65. The van der Waals surface area contributed by atoms with Crippen molar-refractivity contribution >= 4 is 23.4 Å². The highest BCUT2D eigenvalue weighted by atomic mass is 32.1. The first-order chi connectivity index (χ1) is 12.7. The quantitative estimate of drug-likeness (QED) is 0.547. The van der Waals surface area contributed by atoms with Gasteiger partial charge in [-0.1, -0.05) is 13.8 Å². The minimum atomic E-state index is -0.474. The largest absolute Gasteiger partial charge is 0.444 e. The third kappa shape index (κ3) is 7.36. The second kappa shape index (κ2) is 9.39. The molecule has 0 atom stereocenters. The number of aromatic nitrogens is 1. The van der Waals surface area contributed by atoms with Gasteiger partial charge in [-0.2, -0.15) is 0 Å². The maximum Gasteiger partial charge on any atom is 0.410 e. The van der Waals surface area contributed by atoms with Crippen molar-refractivity contribution in [3.8, 4) is 0 Å². The van der Waals surface area contributed by atoms with Crippen LogP contribution in [0, 0.1) is 0 Å². The van der Waals surface area contributed by atoms with Gasteiger partial charge in [-0.05, 0) is 39.5 Å². The van der Waals surface area contributed by atoms with Crippen LogP contribution in [-0.2, 0) is 11.3 Å². The summed E-state index contributed by atoms with van der Waals surface area (Å²) < 4.78 is 5.52. The van der Waals surface area contributed by atoms with Crippen LogP contribution in [0.4, 0.5) is 4.79 Å². The number of thiazole rings is 1. The van der Waals surface area contributed by atoms with Crippen molar-refractivity contribution in [2.75, 3.05) is 20.1 Å². The summed E-state index contributed by atoms with van der Waals surface area (Å²) in [5.41, 5.74) is 0.648. The smallest absolute Gasteiger partial charge is 0.410 e. The molecule has 7 nitrogen and oxygen atoms in total. The molecule has 1 amide bonds. The number of guanidine groups is 1. The molecule has 2 N–H and O–H groups in total. The van der Waals surface area contributed by atoms with Gasteiger partial charge in [0, 0.05) is 31.6 Å². The summed E-state index contributed by atoms with van der Waals surface area (Å²) in [6.45, 7) is 11.8. The molecule has 152 valence electrons. The first kappa shape index (κ1) is 21.5. The fourth-order valence-corrected chi connectivity index (χ4v) is 3.37. The van der Waals surface area contributed by atoms with Crippen LogP contribution in [0.5, 0.6) is 0 Å². The lowest BCUT2D eigenvalue weighted by atomic mass is 10.2. The number of carbonyl (C=O) groups excluding carboxylic acids is 1. The van der Waals surface area contributed by atoms with Crippen LogP contribution >= 0.6 is 11.3 Å². The SMILES string of the molecule is CN=C(NCCN(C(=O)OC(C)(C)C)C1CC1)NCc1nc(C(C)C)cs1. The van der Waals surface area contributed by atoms with Gasteiger partial charge in [0.15, 0.2) is 5.96 Å². The Bertz CT molecular complexity index is 647. The van der Waals surface area contributed by atoms with Gasteiger partial charge < -0.3 is 20.3 Å². The Labute approximate surface area is 166 Å². The fourth-order valence-electron chi connectivity index (χ4n) is 2.48. The average molecular weight is 396 g/mol. The predicted octanol–water partition coefficient (Wildman–Crippen LogP) is 3.33. The highest BCUT2D eigenvalue weighted by molar-refractivity contribution is 7.09. The van der Waals surface area contributed by atoms with Crippen molar-refractivity contribution in [1.29, 1.82) is 0 Å². The first-order valence-electron chi connectivity index (χ1n) is 9.58.